The Labute approximate surface area is 52.1 Å². The molecule has 0 heterocycles. The summed E-state index contributed by atoms with van der Waals surface area (Å²) in [5.74, 6) is 0. The van der Waals surface area contributed by atoms with Gasteiger partial charge in [0, 0.05) is 33.3 Å². The van der Waals surface area contributed by atoms with Gasteiger partial charge >= 0.3 is 18.8 Å². The second-order valence-electron chi connectivity index (χ2n) is 0. The van der Waals surface area contributed by atoms with E-state index in [4.69, 9.17) is 0 Å². The maximum absolute atomic E-state index is 3.83. The van der Waals surface area contributed by atoms with Crippen LogP contribution in [0.1, 0.15) is 0 Å². The second-order valence-corrected chi connectivity index (χ2v) is 0. The Balaban J connectivity index is -0.00000000500. The summed E-state index contributed by atoms with van der Waals surface area (Å²) in [4.78, 5) is 0. The third kappa shape index (κ3) is 10.4. The number of hydrogen-bond donors (Lipinski definition) is 0. The van der Waals surface area contributed by atoms with Gasteiger partial charge in [-0.05, 0) is 0 Å². The van der Waals surface area contributed by atoms with Crippen LogP contribution in [0.25, 0.3) is 0 Å². The van der Waals surface area contributed by atoms with Gasteiger partial charge in [0.2, 0.25) is 0 Å². The monoisotopic (exact) mass is 161 g/mol. The van der Waals surface area contributed by atoms with Crippen LogP contribution in [0.15, 0.2) is 0 Å². The minimum Gasteiger partial charge on any atom is 0 e. The Morgan fingerprint density at radius 2 is 1.25 bits per heavy atom. The van der Waals surface area contributed by atoms with Crippen LogP contribution in [0.4, 0.5) is 0 Å². The van der Waals surface area contributed by atoms with E-state index in [1.807, 2.05) is 0 Å². The van der Waals surface area contributed by atoms with E-state index in [-0.39, 0.29) is 33.3 Å². The van der Waals surface area contributed by atoms with Crippen molar-refractivity contribution in [2.24, 2.45) is 0 Å². The van der Waals surface area contributed by atoms with Crippen LogP contribution < -0.4 is 0 Å². The Hall–Kier alpha value is 1.28. The van der Waals surface area contributed by atoms with E-state index in [0.29, 0.717) is 0 Å². The van der Waals surface area contributed by atoms with Gasteiger partial charge in [-0.1, -0.05) is 0 Å². The molecule has 29 valence electrons. The molecule has 0 aromatic rings. The summed E-state index contributed by atoms with van der Waals surface area (Å²) >= 11 is 3.83. The van der Waals surface area contributed by atoms with Crippen LogP contribution in [0, 0.1) is 0 Å². The van der Waals surface area contributed by atoms with E-state index >= 15 is 0 Å². The van der Waals surface area contributed by atoms with E-state index in [0.717, 1.165) is 0 Å². The van der Waals surface area contributed by atoms with Crippen LogP contribution in [0.5, 0.6) is 0 Å². The van der Waals surface area contributed by atoms with Crippen LogP contribution in [-0.4, -0.2) is 6.72 Å². The first-order valence-corrected chi connectivity index (χ1v) is 0.866. The minimum absolute atomic E-state index is 0. The van der Waals surface area contributed by atoms with Gasteiger partial charge in [0.05, 0.1) is 0 Å². The molecule has 0 fully saturated rings. The fourth-order valence-electron chi connectivity index (χ4n) is 0. The summed E-state index contributed by atoms with van der Waals surface area (Å²) in [7, 11) is 0. The van der Waals surface area contributed by atoms with Gasteiger partial charge in [0.1, 0.15) is 0 Å². The van der Waals surface area contributed by atoms with Gasteiger partial charge in [0.15, 0.2) is 0 Å². The van der Waals surface area contributed by atoms with Crippen LogP contribution >= 0.6 is 12.1 Å². The SMILES string of the molecule is B=S.[Co].[Ni]. The molecule has 4 heavy (non-hydrogen) atoms. The summed E-state index contributed by atoms with van der Waals surface area (Å²) in [5, 5.41) is 0. The molecule has 0 saturated heterocycles. The van der Waals surface area contributed by atoms with Crippen molar-refractivity contribution in [1.82, 2.24) is 0 Å². The van der Waals surface area contributed by atoms with Crippen molar-refractivity contribution in [2.75, 3.05) is 0 Å². The molecule has 0 saturated carbocycles. The topological polar surface area (TPSA) is 0 Å². The third-order valence-corrected chi connectivity index (χ3v) is 0. The van der Waals surface area contributed by atoms with Crippen molar-refractivity contribution in [2.45, 2.75) is 0 Å². The first-order chi connectivity index (χ1) is 1.00. The molecule has 0 unspecified atom stereocenters. The molecule has 0 aliphatic rings. The fraction of sp³-hybridized carbons (Fsp3) is 0. The Bertz CT molecular complexity index is 8.00. The van der Waals surface area contributed by atoms with Crippen LogP contribution in [0.2, 0.25) is 0 Å². The molecule has 0 bridgehead atoms. The molecule has 0 amide bonds. The van der Waals surface area contributed by atoms with Gasteiger partial charge in [0.25, 0.3) is 0 Å². The molecule has 0 aliphatic carbocycles. The average molecular weight is 162 g/mol. The predicted molar refractivity (Wildman–Crippen MR) is 14.7 cm³/mol. The van der Waals surface area contributed by atoms with Crippen molar-refractivity contribution in [3.05, 3.63) is 0 Å². The maximum atomic E-state index is 3.83. The van der Waals surface area contributed by atoms with Crippen molar-refractivity contribution < 1.29 is 33.3 Å². The van der Waals surface area contributed by atoms with Crippen molar-refractivity contribution in [3.8, 4) is 0 Å². The predicted octanol–water partition coefficient (Wildman–Crippen LogP) is -0.00530. The first-order valence-electron chi connectivity index (χ1n) is 0.289. The fourth-order valence-corrected chi connectivity index (χ4v) is 0. The summed E-state index contributed by atoms with van der Waals surface area (Å²) in [6, 6.07) is 0. The number of hydrogen-bond acceptors (Lipinski definition) is 1. The Morgan fingerprint density at radius 1 is 1.25 bits per heavy atom. The molecule has 0 aromatic heterocycles. The average Bonchev–Trinajstić information content (AvgIpc) is 1.00. The zero-order valence-electron chi connectivity index (χ0n) is 1.76. The molecule has 0 aromatic carbocycles. The molecule has 0 N–H and O–H groups in total. The van der Waals surface area contributed by atoms with Gasteiger partial charge in [-0.3, -0.25) is 0 Å². The van der Waals surface area contributed by atoms with Crippen LogP contribution in [0.3, 0.4) is 0 Å². The largest absolute Gasteiger partial charge is 0 e. The van der Waals surface area contributed by atoms with E-state index < -0.39 is 0 Å². The molecule has 0 spiro atoms. The van der Waals surface area contributed by atoms with E-state index in [9.17, 15) is 0 Å². The quantitative estimate of drug-likeness (QED) is 0.451. The molecular formula is HBCoNiS. The van der Waals surface area contributed by atoms with Gasteiger partial charge in [-0.25, -0.2) is 0 Å². The smallest absolute Gasteiger partial charge is 0 e. The van der Waals surface area contributed by atoms with Gasteiger partial charge < -0.3 is 0 Å². The zero-order valence-corrected chi connectivity index (χ0v) is 4.61. The molecule has 4 heteroatoms. The van der Waals surface area contributed by atoms with Crippen molar-refractivity contribution in [3.63, 3.8) is 0 Å². The molecule has 0 atom stereocenters. The van der Waals surface area contributed by atoms with Crippen LogP contribution in [-0.2, 0) is 33.3 Å². The maximum Gasteiger partial charge on any atom is 0 e. The molecule has 0 nitrogen and oxygen atoms in total. The Morgan fingerprint density at radius 3 is 1.25 bits per heavy atom. The van der Waals surface area contributed by atoms with Gasteiger partial charge in [-0.2, -0.15) is 0 Å². The molecular weight excluding hydrogens is 161 g/mol. The third-order valence-electron chi connectivity index (χ3n) is 0. The zero-order chi connectivity index (χ0) is 2.00. The summed E-state index contributed by atoms with van der Waals surface area (Å²) in [6.45, 7) is 2.83. The number of rotatable bonds is 0. The Kier molecular flexibility index (Phi) is 130. The van der Waals surface area contributed by atoms with Gasteiger partial charge in [-0.15, -0.1) is 0 Å². The summed E-state index contributed by atoms with van der Waals surface area (Å²) in [5.41, 5.74) is 0. The molecule has 0 aliphatic heterocycles. The molecule has 0 rings (SSSR count). The first kappa shape index (κ1) is 18.6. The second kappa shape index (κ2) is 28.0. The standard InChI is InChI=1S/BHS.Co.Ni/c1-2;;/h1H;;. The van der Waals surface area contributed by atoms with Crippen molar-refractivity contribution in [1.29, 1.82) is 0 Å². The summed E-state index contributed by atoms with van der Waals surface area (Å²) < 4.78 is 0. The minimum atomic E-state index is 0. The van der Waals surface area contributed by atoms with E-state index in [2.05, 4.69) is 18.8 Å². The summed E-state index contributed by atoms with van der Waals surface area (Å²) in [6.07, 6.45) is 0. The van der Waals surface area contributed by atoms with Crippen molar-refractivity contribution >= 4 is 18.8 Å². The van der Waals surface area contributed by atoms with E-state index in [1.165, 1.54) is 0 Å². The van der Waals surface area contributed by atoms with E-state index in [1.54, 1.807) is 0 Å². The normalized spacial score (nSPS) is 0.750. The molecule has 1 radical (unpaired) electrons.